The van der Waals surface area contributed by atoms with Crippen LogP contribution in [-0.2, 0) is 11.5 Å². The van der Waals surface area contributed by atoms with Gasteiger partial charge in [0.15, 0.2) is 5.75 Å². The van der Waals surface area contributed by atoms with Crippen molar-refractivity contribution < 1.29 is 5.11 Å². The summed E-state index contributed by atoms with van der Waals surface area (Å²) in [6.45, 7) is 2.25. The summed E-state index contributed by atoms with van der Waals surface area (Å²) in [6, 6.07) is 12.0. The lowest BCUT2D eigenvalue weighted by molar-refractivity contribution is 0.354. The van der Waals surface area contributed by atoms with Gasteiger partial charge in [0.1, 0.15) is 0 Å². The lowest BCUT2D eigenvalue weighted by Gasteiger charge is -2.06. The molecule has 21 heavy (non-hydrogen) atoms. The maximum absolute atomic E-state index is 12.4. The molecule has 0 saturated heterocycles. The highest BCUT2D eigenvalue weighted by atomic mass is 16.3. The van der Waals surface area contributed by atoms with Crippen LogP contribution in [0.1, 0.15) is 63.9 Å². The van der Waals surface area contributed by atoms with Crippen molar-refractivity contribution in [2.75, 3.05) is 0 Å². The second-order valence-corrected chi connectivity index (χ2v) is 6.00. The van der Waals surface area contributed by atoms with E-state index in [1.165, 1.54) is 44.9 Å². The Hall–Kier alpha value is -1.50. The molecule has 0 aliphatic rings. The second kappa shape index (κ2) is 8.71. The van der Waals surface area contributed by atoms with E-state index < -0.39 is 0 Å². The summed E-state index contributed by atoms with van der Waals surface area (Å²) in [5.74, 6) is 0.232. The van der Waals surface area contributed by atoms with E-state index in [2.05, 4.69) is 13.0 Å². The molecule has 1 radical (unpaired) electrons. The third-order valence-corrected chi connectivity index (χ3v) is 4.26. The van der Waals surface area contributed by atoms with Crippen molar-refractivity contribution in [1.82, 2.24) is 0 Å². The van der Waals surface area contributed by atoms with E-state index in [-0.39, 0.29) is 5.75 Å². The van der Waals surface area contributed by atoms with Crippen LogP contribution in [0.4, 0.5) is 0 Å². The minimum Gasteiger partial charge on any atom is -0.289 e. The first-order chi connectivity index (χ1) is 10.3. The van der Waals surface area contributed by atoms with Crippen molar-refractivity contribution >= 4 is 10.8 Å². The number of benzene rings is 2. The molecule has 0 aliphatic heterocycles. The Kier molecular flexibility index (Phi) is 6.59. The minimum absolute atomic E-state index is 0.232. The van der Waals surface area contributed by atoms with Gasteiger partial charge in [0.25, 0.3) is 0 Å². The topological polar surface area (TPSA) is 19.9 Å². The fraction of sp³-hybridized carbons (Fsp3) is 0.500. The summed E-state index contributed by atoms with van der Waals surface area (Å²) in [6.07, 6.45) is 11.4. The third-order valence-electron chi connectivity index (χ3n) is 4.26. The molecular formula is C20H27O. The van der Waals surface area contributed by atoms with Gasteiger partial charge in [0.05, 0.1) is 0 Å². The fourth-order valence-corrected chi connectivity index (χ4v) is 2.93. The van der Waals surface area contributed by atoms with Crippen LogP contribution in [0.15, 0.2) is 36.4 Å². The van der Waals surface area contributed by atoms with Crippen LogP contribution >= 0.6 is 0 Å². The van der Waals surface area contributed by atoms with E-state index in [4.69, 9.17) is 0 Å². The average molecular weight is 283 g/mol. The molecule has 0 bridgehead atoms. The standard InChI is InChI=1S/C20H27O/c1-2-3-4-5-6-7-8-9-13-18-16-15-17-12-10-11-14-19(17)20(18)21/h10-12,14-16H,2-9,13H2,1H3. The molecule has 1 heteroatoms. The molecule has 2 aromatic rings. The van der Waals surface area contributed by atoms with Gasteiger partial charge in [-0.2, -0.15) is 0 Å². The van der Waals surface area contributed by atoms with Gasteiger partial charge in [-0.3, -0.25) is 5.11 Å². The smallest absolute Gasteiger partial charge is 0.189 e. The van der Waals surface area contributed by atoms with Crippen LogP contribution in [-0.4, -0.2) is 0 Å². The predicted octanol–water partition coefficient (Wildman–Crippen LogP) is 6.67. The first kappa shape index (κ1) is 15.9. The number of unbranched alkanes of at least 4 members (excludes halogenated alkanes) is 7. The second-order valence-electron chi connectivity index (χ2n) is 6.00. The van der Waals surface area contributed by atoms with E-state index in [1.807, 2.05) is 30.3 Å². The SMILES string of the molecule is CCCCCCCCCCc1ccc2ccccc2c1[O]. The van der Waals surface area contributed by atoms with Crippen LogP contribution in [0.3, 0.4) is 0 Å². The molecule has 0 heterocycles. The molecule has 0 N–H and O–H groups in total. The molecule has 2 aromatic carbocycles. The lowest BCUT2D eigenvalue weighted by atomic mass is 10.00. The molecular weight excluding hydrogens is 256 g/mol. The highest BCUT2D eigenvalue weighted by Crippen LogP contribution is 2.30. The molecule has 0 amide bonds. The Morgan fingerprint density at radius 1 is 0.762 bits per heavy atom. The highest BCUT2D eigenvalue weighted by Gasteiger charge is 2.07. The van der Waals surface area contributed by atoms with E-state index in [0.717, 1.165) is 29.2 Å². The molecule has 0 aliphatic carbocycles. The monoisotopic (exact) mass is 283 g/mol. The van der Waals surface area contributed by atoms with Gasteiger partial charge in [-0.1, -0.05) is 88.3 Å². The highest BCUT2D eigenvalue weighted by molar-refractivity contribution is 5.89. The Balaban J connectivity index is 1.75. The molecule has 113 valence electrons. The average Bonchev–Trinajstić information content (AvgIpc) is 2.52. The summed E-state index contributed by atoms with van der Waals surface area (Å²) in [5.41, 5.74) is 0.986. The van der Waals surface area contributed by atoms with E-state index in [1.54, 1.807) is 0 Å². The molecule has 0 saturated carbocycles. The molecule has 2 rings (SSSR count). The molecule has 0 unspecified atom stereocenters. The summed E-state index contributed by atoms with van der Waals surface area (Å²) < 4.78 is 0. The van der Waals surface area contributed by atoms with Crippen molar-refractivity contribution in [2.45, 2.75) is 64.7 Å². The minimum atomic E-state index is 0.232. The first-order valence-electron chi connectivity index (χ1n) is 8.50. The third kappa shape index (κ3) is 4.77. The molecule has 0 aromatic heterocycles. The van der Waals surface area contributed by atoms with Crippen molar-refractivity contribution in [2.24, 2.45) is 0 Å². The van der Waals surface area contributed by atoms with Crippen molar-refractivity contribution in [3.05, 3.63) is 42.0 Å². The Labute approximate surface area is 129 Å². The summed E-state index contributed by atoms with van der Waals surface area (Å²) in [4.78, 5) is 0. The van der Waals surface area contributed by atoms with Crippen LogP contribution < -0.4 is 0 Å². The Morgan fingerprint density at radius 3 is 2.19 bits per heavy atom. The van der Waals surface area contributed by atoms with Gasteiger partial charge in [-0.25, -0.2) is 0 Å². The van der Waals surface area contributed by atoms with Crippen molar-refractivity contribution in [3.8, 4) is 5.75 Å². The van der Waals surface area contributed by atoms with E-state index in [9.17, 15) is 5.11 Å². The van der Waals surface area contributed by atoms with Crippen LogP contribution in [0.25, 0.3) is 10.8 Å². The summed E-state index contributed by atoms with van der Waals surface area (Å²) >= 11 is 0. The fourth-order valence-electron chi connectivity index (χ4n) is 2.93. The largest absolute Gasteiger partial charge is 0.289 e. The number of rotatable bonds is 9. The number of aryl methyl sites for hydroxylation is 1. The van der Waals surface area contributed by atoms with Crippen LogP contribution in [0.2, 0.25) is 0 Å². The van der Waals surface area contributed by atoms with E-state index in [0.29, 0.717) is 0 Å². The normalized spacial score (nSPS) is 11.1. The Bertz CT molecular complexity index is 545. The molecule has 0 spiro atoms. The summed E-state index contributed by atoms with van der Waals surface area (Å²) in [7, 11) is 0. The van der Waals surface area contributed by atoms with Crippen molar-refractivity contribution in [3.63, 3.8) is 0 Å². The molecule has 0 fully saturated rings. The number of hydrogen-bond donors (Lipinski definition) is 0. The molecule has 1 nitrogen and oxygen atoms in total. The quantitative estimate of drug-likeness (QED) is 0.458. The van der Waals surface area contributed by atoms with Gasteiger partial charge in [-0.15, -0.1) is 0 Å². The van der Waals surface area contributed by atoms with Gasteiger partial charge in [0, 0.05) is 10.9 Å². The lowest BCUT2D eigenvalue weighted by Crippen LogP contribution is -1.88. The Morgan fingerprint density at radius 2 is 1.43 bits per heavy atom. The van der Waals surface area contributed by atoms with Gasteiger partial charge >= 0.3 is 0 Å². The zero-order valence-electron chi connectivity index (χ0n) is 13.2. The maximum atomic E-state index is 12.4. The maximum Gasteiger partial charge on any atom is 0.189 e. The van der Waals surface area contributed by atoms with Crippen LogP contribution in [0.5, 0.6) is 5.75 Å². The van der Waals surface area contributed by atoms with Gasteiger partial charge in [-0.05, 0) is 18.2 Å². The first-order valence-corrected chi connectivity index (χ1v) is 8.50. The van der Waals surface area contributed by atoms with E-state index >= 15 is 0 Å². The van der Waals surface area contributed by atoms with Crippen molar-refractivity contribution in [1.29, 1.82) is 0 Å². The zero-order valence-corrected chi connectivity index (χ0v) is 13.2. The van der Waals surface area contributed by atoms with Gasteiger partial charge in [0.2, 0.25) is 0 Å². The van der Waals surface area contributed by atoms with Crippen LogP contribution in [0, 0.1) is 0 Å². The predicted molar refractivity (Wildman–Crippen MR) is 90.4 cm³/mol. The zero-order chi connectivity index (χ0) is 14.9. The summed E-state index contributed by atoms with van der Waals surface area (Å²) in [5, 5.41) is 14.3. The number of hydrogen-bond acceptors (Lipinski definition) is 0. The number of fused-ring (bicyclic) bond motifs is 1. The molecule has 0 atom stereocenters. The van der Waals surface area contributed by atoms with Gasteiger partial charge < -0.3 is 0 Å².